The van der Waals surface area contributed by atoms with Gasteiger partial charge in [0, 0.05) is 12.0 Å². The van der Waals surface area contributed by atoms with E-state index in [0.29, 0.717) is 16.5 Å². The Morgan fingerprint density at radius 3 is 2.91 bits per heavy atom. The van der Waals surface area contributed by atoms with Crippen LogP contribution in [0.25, 0.3) is 6.08 Å². The Hall–Kier alpha value is -2.28. The van der Waals surface area contributed by atoms with Crippen molar-refractivity contribution in [2.45, 2.75) is 24.9 Å². The zero-order valence-corrected chi connectivity index (χ0v) is 13.2. The number of methoxy groups -OCH3 is 1. The van der Waals surface area contributed by atoms with Crippen LogP contribution >= 0.6 is 11.8 Å². The number of carboxylic acids is 1. The Labute approximate surface area is 132 Å². The van der Waals surface area contributed by atoms with E-state index >= 15 is 0 Å². The maximum absolute atomic E-state index is 11.4. The van der Waals surface area contributed by atoms with Crippen LogP contribution in [0.1, 0.15) is 24.7 Å². The Morgan fingerprint density at radius 2 is 2.23 bits per heavy atom. The van der Waals surface area contributed by atoms with Crippen LogP contribution in [-0.4, -0.2) is 33.4 Å². The average molecular weight is 319 g/mol. The number of para-hydroxylation sites is 1. The van der Waals surface area contributed by atoms with Crippen LogP contribution in [0.4, 0.5) is 0 Å². The van der Waals surface area contributed by atoms with Crippen LogP contribution < -0.4 is 4.74 Å². The van der Waals surface area contributed by atoms with Crippen molar-refractivity contribution < 1.29 is 14.6 Å². The number of aromatic nitrogens is 3. The maximum Gasteiger partial charge on any atom is 0.342 e. The smallest absolute Gasteiger partial charge is 0.342 e. The molecule has 0 saturated carbocycles. The number of rotatable bonds is 7. The Morgan fingerprint density at radius 1 is 1.45 bits per heavy atom. The van der Waals surface area contributed by atoms with Crippen molar-refractivity contribution in [2.75, 3.05) is 7.11 Å². The molecule has 0 amide bonds. The standard InChI is InChI=1S/C15H17N3O3S/c1-3-6-13-16-15(18-17-13)22-12(14(19)20)9-10-7-4-5-8-11(10)21-2/h4-5,7-9H,3,6H2,1-2H3,(H,19,20)(H,16,17,18)/b12-9-. The molecule has 1 aromatic heterocycles. The van der Waals surface area contributed by atoms with Crippen molar-refractivity contribution in [1.82, 2.24) is 15.2 Å². The van der Waals surface area contributed by atoms with Crippen LogP contribution in [0.15, 0.2) is 34.3 Å². The molecule has 6 nitrogen and oxygen atoms in total. The van der Waals surface area contributed by atoms with E-state index in [2.05, 4.69) is 15.2 Å². The van der Waals surface area contributed by atoms with E-state index < -0.39 is 5.97 Å². The van der Waals surface area contributed by atoms with Gasteiger partial charge in [0.25, 0.3) is 0 Å². The molecule has 0 fully saturated rings. The summed E-state index contributed by atoms with van der Waals surface area (Å²) in [5.74, 6) is 0.341. The fraction of sp³-hybridized carbons (Fsp3) is 0.267. The Balaban J connectivity index is 2.25. The van der Waals surface area contributed by atoms with E-state index in [1.807, 2.05) is 19.1 Å². The second-order valence-electron chi connectivity index (χ2n) is 4.47. The van der Waals surface area contributed by atoms with Gasteiger partial charge in [0.15, 0.2) is 0 Å². The van der Waals surface area contributed by atoms with Crippen LogP contribution in [0.3, 0.4) is 0 Å². The summed E-state index contributed by atoms with van der Waals surface area (Å²) >= 11 is 1.01. The first-order valence-corrected chi connectivity index (χ1v) is 7.62. The number of benzene rings is 1. The fourth-order valence-corrected chi connectivity index (χ4v) is 2.55. The monoisotopic (exact) mass is 319 g/mol. The summed E-state index contributed by atoms with van der Waals surface area (Å²) in [5, 5.41) is 16.6. The predicted molar refractivity (Wildman–Crippen MR) is 84.8 cm³/mol. The summed E-state index contributed by atoms with van der Waals surface area (Å²) in [5.41, 5.74) is 0.694. The number of ether oxygens (including phenoxy) is 1. The molecule has 1 aromatic carbocycles. The lowest BCUT2D eigenvalue weighted by atomic mass is 10.2. The van der Waals surface area contributed by atoms with Crippen molar-refractivity contribution in [3.05, 3.63) is 40.6 Å². The second kappa shape index (κ2) is 7.65. The number of aryl methyl sites for hydroxylation is 1. The molecule has 0 atom stereocenters. The lowest BCUT2D eigenvalue weighted by Crippen LogP contribution is -1.98. The summed E-state index contributed by atoms with van der Waals surface area (Å²) < 4.78 is 5.23. The normalized spacial score (nSPS) is 11.5. The lowest BCUT2D eigenvalue weighted by Gasteiger charge is -2.05. The van der Waals surface area contributed by atoms with Crippen molar-refractivity contribution >= 4 is 23.8 Å². The topological polar surface area (TPSA) is 88.1 Å². The minimum Gasteiger partial charge on any atom is -0.496 e. The molecule has 7 heteroatoms. The molecule has 1 heterocycles. The zero-order chi connectivity index (χ0) is 15.9. The molecule has 22 heavy (non-hydrogen) atoms. The van der Waals surface area contributed by atoms with E-state index in [0.717, 1.165) is 30.4 Å². The highest BCUT2D eigenvalue weighted by atomic mass is 32.2. The molecule has 0 aliphatic carbocycles. The van der Waals surface area contributed by atoms with Crippen LogP contribution in [0.5, 0.6) is 5.75 Å². The highest BCUT2D eigenvalue weighted by molar-refractivity contribution is 8.04. The van der Waals surface area contributed by atoms with Crippen molar-refractivity contribution in [2.24, 2.45) is 0 Å². The number of nitrogens with one attached hydrogen (secondary N) is 1. The third kappa shape index (κ3) is 4.11. The van der Waals surface area contributed by atoms with Gasteiger partial charge in [0.05, 0.1) is 7.11 Å². The number of hydrogen-bond acceptors (Lipinski definition) is 5. The maximum atomic E-state index is 11.4. The van der Waals surface area contributed by atoms with Crippen LogP contribution in [0, 0.1) is 0 Å². The van der Waals surface area contributed by atoms with E-state index in [1.165, 1.54) is 0 Å². The summed E-state index contributed by atoms with van der Waals surface area (Å²) in [6.07, 6.45) is 3.29. The van der Waals surface area contributed by atoms with E-state index in [4.69, 9.17) is 4.74 Å². The van der Waals surface area contributed by atoms with Gasteiger partial charge in [-0.3, -0.25) is 5.10 Å². The van der Waals surface area contributed by atoms with Gasteiger partial charge in [0.2, 0.25) is 5.16 Å². The number of aromatic amines is 1. The number of thioether (sulfide) groups is 1. The van der Waals surface area contributed by atoms with Gasteiger partial charge in [-0.2, -0.15) is 0 Å². The van der Waals surface area contributed by atoms with Crippen LogP contribution in [0.2, 0.25) is 0 Å². The molecule has 2 rings (SSSR count). The molecule has 2 aromatic rings. The first-order valence-electron chi connectivity index (χ1n) is 6.81. The van der Waals surface area contributed by atoms with Gasteiger partial charge in [-0.25, -0.2) is 9.78 Å². The minimum absolute atomic E-state index is 0.131. The van der Waals surface area contributed by atoms with Crippen molar-refractivity contribution in [3.63, 3.8) is 0 Å². The number of nitrogens with zero attached hydrogens (tertiary/aromatic N) is 2. The molecule has 0 unspecified atom stereocenters. The third-order valence-electron chi connectivity index (χ3n) is 2.84. The first-order chi connectivity index (χ1) is 10.6. The number of hydrogen-bond donors (Lipinski definition) is 2. The molecule has 0 spiro atoms. The summed E-state index contributed by atoms with van der Waals surface area (Å²) in [7, 11) is 1.55. The van der Waals surface area contributed by atoms with E-state index in [9.17, 15) is 9.90 Å². The fourth-order valence-electron chi connectivity index (χ4n) is 1.83. The van der Waals surface area contributed by atoms with Gasteiger partial charge in [0.1, 0.15) is 16.5 Å². The highest BCUT2D eigenvalue weighted by Gasteiger charge is 2.14. The van der Waals surface area contributed by atoms with Gasteiger partial charge in [-0.15, -0.1) is 5.10 Å². The molecule has 0 aliphatic rings. The summed E-state index contributed by atoms with van der Waals surface area (Å²) in [4.78, 5) is 15.8. The van der Waals surface area contributed by atoms with Gasteiger partial charge in [-0.05, 0) is 30.3 Å². The molecule has 0 bridgehead atoms. The molecule has 2 N–H and O–H groups in total. The zero-order valence-electron chi connectivity index (χ0n) is 12.4. The Kier molecular flexibility index (Phi) is 5.60. The van der Waals surface area contributed by atoms with Gasteiger partial charge < -0.3 is 9.84 Å². The van der Waals surface area contributed by atoms with E-state index in [1.54, 1.807) is 25.3 Å². The van der Waals surface area contributed by atoms with Crippen molar-refractivity contribution in [3.8, 4) is 5.75 Å². The third-order valence-corrected chi connectivity index (χ3v) is 3.71. The quantitative estimate of drug-likeness (QED) is 0.602. The molecular weight excluding hydrogens is 302 g/mol. The van der Waals surface area contributed by atoms with Crippen molar-refractivity contribution in [1.29, 1.82) is 0 Å². The SMILES string of the molecule is CCCc1nc(S/C(=C\c2ccccc2OC)C(=O)O)n[nH]1. The molecular formula is C15H17N3O3S. The minimum atomic E-state index is -1.03. The Bertz CT molecular complexity index is 682. The van der Waals surface area contributed by atoms with Crippen LogP contribution in [-0.2, 0) is 11.2 Å². The van der Waals surface area contributed by atoms with Gasteiger partial charge >= 0.3 is 5.97 Å². The second-order valence-corrected chi connectivity index (χ2v) is 5.48. The number of aliphatic carboxylic acids is 1. The predicted octanol–water partition coefficient (Wildman–Crippen LogP) is 2.98. The number of H-pyrrole nitrogens is 1. The largest absolute Gasteiger partial charge is 0.496 e. The number of carbonyl (C=O) groups is 1. The number of carboxylic acid groups (broad SMARTS) is 1. The summed E-state index contributed by atoms with van der Waals surface area (Å²) in [6, 6.07) is 7.23. The molecule has 0 aliphatic heterocycles. The average Bonchev–Trinajstić information content (AvgIpc) is 2.94. The summed E-state index contributed by atoms with van der Waals surface area (Å²) in [6.45, 7) is 2.04. The highest BCUT2D eigenvalue weighted by Crippen LogP contribution is 2.28. The lowest BCUT2D eigenvalue weighted by molar-refractivity contribution is -0.131. The van der Waals surface area contributed by atoms with Gasteiger partial charge in [-0.1, -0.05) is 25.1 Å². The molecule has 116 valence electrons. The molecule has 0 radical (unpaired) electrons. The molecule has 0 saturated heterocycles. The first kappa shape index (κ1) is 16.1. The van der Waals surface area contributed by atoms with E-state index in [-0.39, 0.29) is 4.91 Å².